The number of hydrogen-bond donors (Lipinski definition) is 1. The van der Waals surface area contributed by atoms with E-state index in [0.717, 1.165) is 9.13 Å². The van der Waals surface area contributed by atoms with Crippen LogP contribution in [0.4, 0.5) is 4.39 Å². The van der Waals surface area contributed by atoms with Crippen molar-refractivity contribution in [2.24, 2.45) is 5.73 Å². The van der Waals surface area contributed by atoms with Crippen LogP contribution in [0.5, 0.6) is 5.75 Å². The maximum atomic E-state index is 12.1. The molecule has 1 aromatic carbocycles. The van der Waals surface area contributed by atoms with E-state index in [1.807, 2.05) is 6.07 Å². The van der Waals surface area contributed by atoms with Crippen LogP contribution in [0, 0.1) is 3.57 Å². The van der Waals surface area contributed by atoms with Crippen molar-refractivity contribution in [2.45, 2.75) is 19.4 Å². The van der Waals surface area contributed by atoms with Crippen molar-refractivity contribution in [1.82, 2.24) is 0 Å². The van der Waals surface area contributed by atoms with E-state index in [0.29, 0.717) is 18.8 Å². The quantitative estimate of drug-likeness (QED) is 0.581. The van der Waals surface area contributed by atoms with Crippen molar-refractivity contribution in [2.75, 3.05) is 19.9 Å². The van der Waals surface area contributed by atoms with Gasteiger partial charge in [-0.2, -0.15) is 0 Å². The molecule has 6 heteroatoms. The lowest BCUT2D eigenvalue weighted by Gasteiger charge is -2.13. The first-order chi connectivity index (χ1) is 9.08. The van der Waals surface area contributed by atoms with Gasteiger partial charge in [-0.1, -0.05) is 0 Å². The standard InChI is InChI=1S/C13H17FINO3/c1-2-18-13(17)12(16)8-9-7-10(19-6-5-14)3-4-11(9)15/h3-4,7,12H,2,5-6,8,16H2,1H3. The summed E-state index contributed by atoms with van der Waals surface area (Å²) in [5.41, 5.74) is 6.66. The average molecular weight is 381 g/mol. The summed E-state index contributed by atoms with van der Waals surface area (Å²) in [5.74, 6) is 0.150. The Morgan fingerprint density at radius 2 is 2.26 bits per heavy atom. The molecule has 0 radical (unpaired) electrons. The van der Waals surface area contributed by atoms with Gasteiger partial charge in [0.05, 0.1) is 6.61 Å². The summed E-state index contributed by atoms with van der Waals surface area (Å²) < 4.78 is 23.1. The van der Waals surface area contributed by atoms with Gasteiger partial charge in [-0.05, 0) is 59.7 Å². The van der Waals surface area contributed by atoms with Gasteiger partial charge in [0.1, 0.15) is 25.1 Å². The highest BCUT2D eigenvalue weighted by Gasteiger charge is 2.17. The van der Waals surface area contributed by atoms with Gasteiger partial charge in [0.2, 0.25) is 0 Å². The highest BCUT2D eigenvalue weighted by Crippen LogP contribution is 2.21. The van der Waals surface area contributed by atoms with Crippen molar-refractivity contribution in [3.8, 4) is 5.75 Å². The molecular weight excluding hydrogens is 364 g/mol. The third-order valence-electron chi connectivity index (χ3n) is 2.39. The molecule has 0 heterocycles. The predicted molar refractivity (Wildman–Crippen MR) is 78.9 cm³/mol. The van der Waals surface area contributed by atoms with Crippen molar-refractivity contribution >= 4 is 28.6 Å². The first kappa shape index (κ1) is 16.2. The molecule has 1 unspecified atom stereocenters. The number of halogens is 2. The molecule has 1 aromatic rings. The Hall–Kier alpha value is -0.890. The molecule has 1 rings (SSSR count). The fourth-order valence-corrected chi connectivity index (χ4v) is 2.08. The van der Waals surface area contributed by atoms with E-state index in [1.165, 1.54) is 0 Å². The molecule has 0 bridgehead atoms. The number of rotatable bonds is 7. The molecule has 0 amide bonds. The minimum atomic E-state index is -0.704. The predicted octanol–water partition coefficient (Wildman–Crippen LogP) is 2.07. The van der Waals surface area contributed by atoms with Gasteiger partial charge in [0, 0.05) is 3.57 Å². The van der Waals surface area contributed by atoms with E-state index in [2.05, 4.69) is 22.6 Å². The van der Waals surface area contributed by atoms with Gasteiger partial charge in [-0.25, -0.2) is 4.39 Å². The number of carbonyl (C=O) groups is 1. The minimum absolute atomic E-state index is 0.0178. The van der Waals surface area contributed by atoms with Crippen LogP contribution in [0.25, 0.3) is 0 Å². The monoisotopic (exact) mass is 381 g/mol. The van der Waals surface area contributed by atoms with Crippen LogP contribution in [0.1, 0.15) is 12.5 Å². The number of nitrogens with two attached hydrogens (primary N) is 1. The van der Waals surface area contributed by atoms with Gasteiger partial charge in [-0.15, -0.1) is 0 Å². The van der Waals surface area contributed by atoms with Gasteiger partial charge < -0.3 is 15.2 Å². The lowest BCUT2D eigenvalue weighted by Crippen LogP contribution is -2.34. The van der Waals surface area contributed by atoms with E-state index < -0.39 is 18.7 Å². The lowest BCUT2D eigenvalue weighted by molar-refractivity contribution is -0.144. The summed E-state index contributed by atoms with van der Waals surface area (Å²) >= 11 is 2.16. The molecule has 0 aliphatic rings. The third kappa shape index (κ3) is 5.32. The Morgan fingerprint density at radius 1 is 1.53 bits per heavy atom. The van der Waals surface area contributed by atoms with Crippen molar-refractivity contribution in [3.63, 3.8) is 0 Å². The van der Waals surface area contributed by atoms with Crippen molar-refractivity contribution < 1.29 is 18.7 Å². The van der Waals surface area contributed by atoms with Crippen LogP contribution in [-0.4, -0.2) is 31.9 Å². The Morgan fingerprint density at radius 3 is 2.89 bits per heavy atom. The van der Waals surface area contributed by atoms with Gasteiger partial charge in [0.25, 0.3) is 0 Å². The number of hydrogen-bond acceptors (Lipinski definition) is 4. The summed E-state index contributed by atoms with van der Waals surface area (Å²) in [7, 11) is 0. The molecule has 1 atom stereocenters. The van der Waals surface area contributed by atoms with E-state index in [4.69, 9.17) is 15.2 Å². The Balaban J connectivity index is 2.73. The molecule has 0 spiro atoms. The van der Waals surface area contributed by atoms with Gasteiger partial charge >= 0.3 is 5.97 Å². The molecule has 0 aromatic heterocycles. The highest BCUT2D eigenvalue weighted by atomic mass is 127. The molecule has 0 saturated carbocycles. The SMILES string of the molecule is CCOC(=O)C(N)Cc1cc(OCCF)ccc1I. The third-order valence-corrected chi connectivity index (χ3v) is 3.44. The second kappa shape index (κ2) is 8.31. The zero-order valence-corrected chi connectivity index (χ0v) is 12.9. The maximum absolute atomic E-state index is 12.1. The van der Waals surface area contributed by atoms with Crippen LogP contribution in [0.2, 0.25) is 0 Å². The molecular formula is C13H17FINO3. The number of carbonyl (C=O) groups excluding carboxylic acids is 1. The topological polar surface area (TPSA) is 61.5 Å². The minimum Gasteiger partial charge on any atom is -0.491 e. The zero-order chi connectivity index (χ0) is 14.3. The van der Waals surface area contributed by atoms with Crippen LogP contribution < -0.4 is 10.5 Å². The molecule has 2 N–H and O–H groups in total. The Bertz CT molecular complexity index is 428. The van der Waals surface area contributed by atoms with Gasteiger partial charge in [0.15, 0.2) is 0 Å². The van der Waals surface area contributed by atoms with E-state index in [1.54, 1.807) is 19.1 Å². The van der Waals surface area contributed by atoms with E-state index in [9.17, 15) is 9.18 Å². The number of benzene rings is 1. The molecule has 0 aliphatic carbocycles. The fraction of sp³-hybridized carbons (Fsp3) is 0.462. The molecule has 106 valence electrons. The largest absolute Gasteiger partial charge is 0.491 e. The van der Waals surface area contributed by atoms with Gasteiger partial charge in [-0.3, -0.25) is 4.79 Å². The van der Waals surface area contributed by atoms with Crippen LogP contribution in [0.15, 0.2) is 18.2 Å². The van der Waals surface area contributed by atoms with Crippen LogP contribution >= 0.6 is 22.6 Å². The number of alkyl halides is 1. The zero-order valence-electron chi connectivity index (χ0n) is 10.7. The van der Waals surface area contributed by atoms with E-state index in [-0.39, 0.29) is 6.61 Å². The van der Waals surface area contributed by atoms with Crippen molar-refractivity contribution in [3.05, 3.63) is 27.3 Å². The maximum Gasteiger partial charge on any atom is 0.323 e. The second-order valence-electron chi connectivity index (χ2n) is 3.85. The second-order valence-corrected chi connectivity index (χ2v) is 5.02. The first-order valence-corrected chi connectivity index (χ1v) is 7.05. The highest BCUT2D eigenvalue weighted by molar-refractivity contribution is 14.1. The molecule has 0 aliphatic heterocycles. The summed E-state index contributed by atoms with van der Waals surface area (Å²) in [6, 6.07) is 4.68. The average Bonchev–Trinajstić information content (AvgIpc) is 2.39. The molecule has 19 heavy (non-hydrogen) atoms. The van der Waals surface area contributed by atoms with Crippen LogP contribution in [-0.2, 0) is 16.0 Å². The first-order valence-electron chi connectivity index (χ1n) is 5.97. The number of esters is 1. The normalized spacial score (nSPS) is 12.0. The molecule has 4 nitrogen and oxygen atoms in total. The fourth-order valence-electron chi connectivity index (χ4n) is 1.52. The molecule has 0 saturated heterocycles. The lowest BCUT2D eigenvalue weighted by atomic mass is 10.1. The number of ether oxygens (including phenoxy) is 2. The van der Waals surface area contributed by atoms with Crippen LogP contribution in [0.3, 0.4) is 0 Å². The van der Waals surface area contributed by atoms with Crippen molar-refractivity contribution in [1.29, 1.82) is 0 Å². The summed E-state index contributed by atoms with van der Waals surface area (Å²) in [6.07, 6.45) is 0.365. The van der Waals surface area contributed by atoms with E-state index >= 15 is 0 Å². The summed E-state index contributed by atoms with van der Waals surface area (Å²) in [4.78, 5) is 11.5. The summed E-state index contributed by atoms with van der Waals surface area (Å²) in [6.45, 7) is 1.52. The Labute approximate surface area is 125 Å². The summed E-state index contributed by atoms with van der Waals surface area (Å²) in [5, 5.41) is 0. The Kier molecular flexibility index (Phi) is 7.07. The molecule has 0 fully saturated rings. The smallest absolute Gasteiger partial charge is 0.323 e.